The van der Waals surface area contributed by atoms with E-state index in [9.17, 15) is 14.3 Å². The van der Waals surface area contributed by atoms with Crippen LogP contribution < -0.4 is 0 Å². The first kappa shape index (κ1) is 16.6. The standard InChI is InChI=1S/C18H22FN3O2/c1-11(2)22-12(3)16(9-20-22)18(24)21-10-15(23)8-17(21)13-5-4-6-14(19)7-13/h4-7,9,11,15,17,23H,8,10H2,1-3H3/t15-,17+/m0/s1. The maximum Gasteiger partial charge on any atom is 0.257 e. The molecule has 1 aromatic carbocycles. The highest BCUT2D eigenvalue weighted by molar-refractivity contribution is 5.95. The molecule has 1 aliphatic heterocycles. The molecular formula is C18H22FN3O2. The topological polar surface area (TPSA) is 58.4 Å². The van der Waals surface area contributed by atoms with Crippen molar-refractivity contribution in [3.8, 4) is 0 Å². The van der Waals surface area contributed by atoms with Crippen LogP contribution in [0.1, 0.15) is 54.0 Å². The van der Waals surface area contributed by atoms with Crippen molar-refractivity contribution in [3.63, 3.8) is 0 Å². The Labute approximate surface area is 140 Å². The van der Waals surface area contributed by atoms with Gasteiger partial charge in [-0.05, 0) is 44.9 Å². The van der Waals surface area contributed by atoms with E-state index in [1.165, 1.54) is 12.1 Å². The monoisotopic (exact) mass is 331 g/mol. The summed E-state index contributed by atoms with van der Waals surface area (Å²) in [5.74, 6) is -0.518. The van der Waals surface area contributed by atoms with Gasteiger partial charge in [0, 0.05) is 18.3 Å². The second-order valence-corrected chi connectivity index (χ2v) is 6.60. The van der Waals surface area contributed by atoms with Crippen molar-refractivity contribution >= 4 is 5.91 Å². The molecule has 0 radical (unpaired) electrons. The number of aliphatic hydroxyl groups excluding tert-OH is 1. The van der Waals surface area contributed by atoms with Crippen LogP contribution in [0.3, 0.4) is 0 Å². The van der Waals surface area contributed by atoms with Crippen molar-refractivity contribution in [1.29, 1.82) is 0 Å². The Morgan fingerprint density at radius 3 is 2.79 bits per heavy atom. The van der Waals surface area contributed by atoms with Crippen LogP contribution in [0, 0.1) is 12.7 Å². The van der Waals surface area contributed by atoms with E-state index < -0.39 is 6.10 Å². The van der Waals surface area contributed by atoms with E-state index in [1.807, 2.05) is 20.8 Å². The molecule has 1 fully saturated rings. The highest BCUT2D eigenvalue weighted by Gasteiger charge is 2.37. The van der Waals surface area contributed by atoms with Gasteiger partial charge in [0.25, 0.3) is 5.91 Å². The van der Waals surface area contributed by atoms with Gasteiger partial charge >= 0.3 is 0 Å². The van der Waals surface area contributed by atoms with Gasteiger partial charge in [0.2, 0.25) is 0 Å². The van der Waals surface area contributed by atoms with Crippen molar-refractivity contribution in [2.75, 3.05) is 6.54 Å². The van der Waals surface area contributed by atoms with E-state index in [1.54, 1.807) is 27.9 Å². The Balaban J connectivity index is 1.93. The van der Waals surface area contributed by atoms with E-state index in [0.29, 0.717) is 17.5 Å². The zero-order valence-corrected chi connectivity index (χ0v) is 14.1. The summed E-state index contributed by atoms with van der Waals surface area (Å²) < 4.78 is 15.3. The average Bonchev–Trinajstić information content (AvgIpc) is 3.10. The van der Waals surface area contributed by atoms with Crippen LogP contribution in [0.2, 0.25) is 0 Å². The molecule has 2 heterocycles. The Morgan fingerprint density at radius 2 is 2.17 bits per heavy atom. The second kappa shape index (κ2) is 6.36. The predicted molar refractivity (Wildman–Crippen MR) is 88.2 cm³/mol. The number of aromatic nitrogens is 2. The fraction of sp³-hybridized carbons (Fsp3) is 0.444. The lowest BCUT2D eigenvalue weighted by molar-refractivity contribution is 0.0714. The van der Waals surface area contributed by atoms with Crippen LogP contribution in [0.5, 0.6) is 0 Å². The van der Waals surface area contributed by atoms with Crippen LogP contribution in [-0.2, 0) is 0 Å². The molecule has 2 atom stereocenters. The Morgan fingerprint density at radius 1 is 1.42 bits per heavy atom. The van der Waals surface area contributed by atoms with Gasteiger partial charge in [-0.2, -0.15) is 5.10 Å². The minimum Gasteiger partial charge on any atom is -0.391 e. The van der Waals surface area contributed by atoms with Crippen molar-refractivity contribution < 1.29 is 14.3 Å². The molecule has 0 saturated carbocycles. The maximum atomic E-state index is 13.5. The zero-order valence-electron chi connectivity index (χ0n) is 14.1. The van der Waals surface area contributed by atoms with E-state index in [4.69, 9.17) is 0 Å². The molecule has 0 bridgehead atoms. The van der Waals surface area contributed by atoms with Crippen LogP contribution in [-0.4, -0.2) is 38.3 Å². The van der Waals surface area contributed by atoms with Gasteiger partial charge in [-0.25, -0.2) is 4.39 Å². The Kier molecular flexibility index (Phi) is 4.41. The number of benzene rings is 1. The summed E-state index contributed by atoms with van der Waals surface area (Å²) in [6, 6.07) is 6.04. The SMILES string of the molecule is Cc1c(C(=O)N2C[C@@H](O)C[C@@H]2c2cccc(F)c2)cnn1C(C)C. The minimum absolute atomic E-state index is 0.162. The summed E-state index contributed by atoms with van der Waals surface area (Å²) in [6.45, 7) is 6.11. The molecule has 0 unspecified atom stereocenters. The number of hydrogen-bond acceptors (Lipinski definition) is 3. The normalized spacial score (nSPS) is 20.8. The number of hydrogen-bond donors (Lipinski definition) is 1. The van der Waals surface area contributed by atoms with E-state index >= 15 is 0 Å². The first-order valence-corrected chi connectivity index (χ1v) is 8.17. The smallest absolute Gasteiger partial charge is 0.257 e. The van der Waals surface area contributed by atoms with Crippen LogP contribution in [0.25, 0.3) is 0 Å². The van der Waals surface area contributed by atoms with E-state index in [0.717, 1.165) is 5.69 Å². The van der Waals surface area contributed by atoms with Gasteiger partial charge in [-0.15, -0.1) is 0 Å². The number of β-amino-alcohol motifs (C(OH)–C–C–N with tert-alkyl or cyclic N) is 1. The average molecular weight is 331 g/mol. The third-order valence-electron chi connectivity index (χ3n) is 4.54. The minimum atomic E-state index is -0.609. The highest BCUT2D eigenvalue weighted by atomic mass is 19.1. The molecule has 3 rings (SSSR count). The number of carbonyl (C=O) groups is 1. The molecule has 1 N–H and O–H groups in total. The number of rotatable bonds is 3. The predicted octanol–water partition coefficient (Wildman–Crippen LogP) is 2.86. The van der Waals surface area contributed by atoms with Crippen LogP contribution in [0.4, 0.5) is 4.39 Å². The number of aliphatic hydroxyl groups is 1. The maximum absolute atomic E-state index is 13.5. The van der Waals surface area contributed by atoms with Crippen molar-refractivity contribution in [1.82, 2.24) is 14.7 Å². The third-order valence-corrected chi connectivity index (χ3v) is 4.54. The molecule has 1 saturated heterocycles. The summed E-state index contributed by atoms with van der Waals surface area (Å²) in [5.41, 5.74) is 2.03. The largest absolute Gasteiger partial charge is 0.391 e. The fourth-order valence-corrected chi connectivity index (χ4v) is 3.38. The molecule has 1 aromatic heterocycles. The summed E-state index contributed by atoms with van der Waals surface area (Å²) in [7, 11) is 0. The molecular weight excluding hydrogens is 309 g/mol. The van der Waals surface area contributed by atoms with Gasteiger partial charge in [0.05, 0.1) is 23.9 Å². The molecule has 2 aromatic rings. The quantitative estimate of drug-likeness (QED) is 0.941. The lowest BCUT2D eigenvalue weighted by Crippen LogP contribution is -2.32. The molecule has 6 heteroatoms. The van der Waals surface area contributed by atoms with E-state index in [-0.39, 0.29) is 30.4 Å². The summed E-state index contributed by atoms with van der Waals surface area (Å²) in [6.07, 6.45) is 1.38. The van der Waals surface area contributed by atoms with Gasteiger partial charge in [-0.1, -0.05) is 12.1 Å². The van der Waals surface area contributed by atoms with Gasteiger partial charge in [-0.3, -0.25) is 9.48 Å². The molecule has 1 aliphatic rings. The number of likely N-dealkylation sites (tertiary alicyclic amines) is 1. The molecule has 24 heavy (non-hydrogen) atoms. The second-order valence-electron chi connectivity index (χ2n) is 6.60. The van der Waals surface area contributed by atoms with E-state index in [2.05, 4.69) is 5.10 Å². The molecule has 1 amide bonds. The third kappa shape index (κ3) is 2.94. The fourth-order valence-electron chi connectivity index (χ4n) is 3.38. The summed E-state index contributed by atoms with van der Waals surface area (Å²) >= 11 is 0. The van der Waals surface area contributed by atoms with Gasteiger partial charge < -0.3 is 10.0 Å². The molecule has 0 aliphatic carbocycles. The molecule has 128 valence electrons. The summed E-state index contributed by atoms with van der Waals surface area (Å²) in [4.78, 5) is 14.6. The van der Waals surface area contributed by atoms with Crippen LogP contribution >= 0.6 is 0 Å². The lowest BCUT2D eigenvalue weighted by Gasteiger charge is -2.25. The van der Waals surface area contributed by atoms with Gasteiger partial charge in [0.15, 0.2) is 0 Å². The van der Waals surface area contributed by atoms with Crippen LogP contribution in [0.15, 0.2) is 30.5 Å². The first-order valence-electron chi connectivity index (χ1n) is 8.17. The first-order chi connectivity index (χ1) is 11.4. The summed E-state index contributed by atoms with van der Waals surface area (Å²) in [5, 5.41) is 14.3. The van der Waals surface area contributed by atoms with Crippen molar-refractivity contribution in [2.24, 2.45) is 0 Å². The van der Waals surface area contributed by atoms with Crippen molar-refractivity contribution in [2.45, 2.75) is 45.4 Å². The Hall–Kier alpha value is -2.21. The van der Waals surface area contributed by atoms with Gasteiger partial charge in [0.1, 0.15) is 5.82 Å². The number of nitrogens with zero attached hydrogens (tertiary/aromatic N) is 3. The van der Waals surface area contributed by atoms with Crippen molar-refractivity contribution in [3.05, 3.63) is 53.1 Å². The lowest BCUT2D eigenvalue weighted by atomic mass is 10.0. The molecule has 5 nitrogen and oxygen atoms in total. The number of halogens is 1. The zero-order chi connectivity index (χ0) is 17.4. The Bertz CT molecular complexity index is 756. The highest BCUT2D eigenvalue weighted by Crippen LogP contribution is 2.34. The number of amides is 1. The molecule has 0 spiro atoms. The number of carbonyl (C=O) groups excluding carboxylic acids is 1.